The van der Waals surface area contributed by atoms with E-state index in [1.807, 2.05) is 17.9 Å². The van der Waals surface area contributed by atoms with Gasteiger partial charge in [-0.25, -0.2) is 0 Å². The molecule has 1 atom stereocenters. The van der Waals surface area contributed by atoms with Gasteiger partial charge in [0.15, 0.2) is 0 Å². The number of carboxylic acids is 1. The van der Waals surface area contributed by atoms with Crippen LogP contribution in [0.2, 0.25) is 5.02 Å². The third-order valence-electron chi connectivity index (χ3n) is 3.89. The molecule has 21 heavy (non-hydrogen) atoms. The van der Waals surface area contributed by atoms with E-state index in [4.69, 9.17) is 11.6 Å². The number of rotatable bonds is 4. The van der Waals surface area contributed by atoms with Crippen LogP contribution in [-0.4, -0.2) is 41.5 Å². The highest BCUT2D eigenvalue weighted by atomic mass is 35.5. The van der Waals surface area contributed by atoms with E-state index in [2.05, 4.69) is 5.32 Å². The molecule has 2 rings (SSSR count). The molecule has 0 bridgehead atoms. The maximum absolute atomic E-state index is 12.0. The Morgan fingerprint density at radius 1 is 1.48 bits per heavy atom. The molecule has 5 nitrogen and oxygen atoms in total. The number of benzene rings is 1. The molecule has 1 aromatic carbocycles. The first-order valence-electron chi connectivity index (χ1n) is 6.82. The number of likely N-dealkylation sites (tertiary alicyclic amines) is 1. The van der Waals surface area contributed by atoms with E-state index < -0.39 is 11.4 Å². The highest BCUT2D eigenvalue weighted by Crippen LogP contribution is 2.29. The molecule has 1 aliphatic heterocycles. The Morgan fingerprint density at radius 3 is 2.76 bits per heavy atom. The van der Waals surface area contributed by atoms with E-state index in [-0.39, 0.29) is 12.5 Å². The van der Waals surface area contributed by atoms with Gasteiger partial charge in [0, 0.05) is 17.3 Å². The second kappa shape index (κ2) is 6.03. The normalized spacial score (nSPS) is 22.2. The standard InChI is InChI=1S/C15H19ClN2O3/c1-10-3-4-11(7-12(10)16)17-13(19)8-18-6-5-15(2,9-18)14(20)21/h3-4,7H,5-6,8-9H2,1-2H3,(H,17,19)(H,20,21). The predicted molar refractivity (Wildman–Crippen MR) is 81.6 cm³/mol. The Kier molecular flexibility index (Phi) is 4.54. The average Bonchev–Trinajstić information content (AvgIpc) is 2.77. The van der Waals surface area contributed by atoms with Crippen LogP contribution in [0, 0.1) is 12.3 Å². The molecule has 0 spiro atoms. The van der Waals surface area contributed by atoms with Gasteiger partial charge in [-0.2, -0.15) is 0 Å². The number of anilines is 1. The minimum Gasteiger partial charge on any atom is -0.481 e. The fraction of sp³-hybridized carbons (Fsp3) is 0.467. The molecule has 1 unspecified atom stereocenters. The summed E-state index contributed by atoms with van der Waals surface area (Å²) in [7, 11) is 0. The SMILES string of the molecule is Cc1ccc(NC(=O)CN2CCC(C)(C(=O)O)C2)cc1Cl. The number of nitrogens with one attached hydrogen (secondary N) is 1. The molecule has 0 radical (unpaired) electrons. The van der Waals surface area contributed by atoms with Gasteiger partial charge in [-0.05, 0) is 44.5 Å². The Balaban J connectivity index is 1.91. The summed E-state index contributed by atoms with van der Waals surface area (Å²) in [5.41, 5.74) is 0.843. The van der Waals surface area contributed by atoms with Crippen molar-refractivity contribution < 1.29 is 14.7 Å². The van der Waals surface area contributed by atoms with Crippen molar-refractivity contribution in [1.29, 1.82) is 0 Å². The predicted octanol–water partition coefficient (Wildman–Crippen LogP) is 2.38. The second-order valence-electron chi connectivity index (χ2n) is 5.84. The van der Waals surface area contributed by atoms with Crippen LogP contribution in [0.5, 0.6) is 0 Å². The van der Waals surface area contributed by atoms with E-state index in [0.717, 1.165) is 5.56 Å². The fourth-order valence-corrected chi connectivity index (χ4v) is 2.62. The van der Waals surface area contributed by atoms with Crippen LogP contribution < -0.4 is 5.32 Å². The first-order valence-corrected chi connectivity index (χ1v) is 7.20. The molecule has 2 N–H and O–H groups in total. The average molecular weight is 311 g/mol. The van der Waals surface area contributed by atoms with Gasteiger partial charge in [0.1, 0.15) is 0 Å². The number of carbonyl (C=O) groups is 2. The van der Waals surface area contributed by atoms with Gasteiger partial charge in [0.05, 0.1) is 12.0 Å². The molecule has 0 aromatic heterocycles. The first-order chi connectivity index (χ1) is 9.80. The third kappa shape index (κ3) is 3.74. The van der Waals surface area contributed by atoms with E-state index in [9.17, 15) is 14.7 Å². The zero-order valence-electron chi connectivity index (χ0n) is 12.1. The summed E-state index contributed by atoms with van der Waals surface area (Å²) in [4.78, 5) is 25.0. The van der Waals surface area contributed by atoms with Crippen LogP contribution >= 0.6 is 11.6 Å². The number of amides is 1. The second-order valence-corrected chi connectivity index (χ2v) is 6.25. The van der Waals surface area contributed by atoms with Gasteiger partial charge in [-0.15, -0.1) is 0 Å². The molecule has 114 valence electrons. The van der Waals surface area contributed by atoms with E-state index in [1.54, 1.807) is 19.1 Å². The molecular formula is C15H19ClN2O3. The Morgan fingerprint density at radius 2 is 2.19 bits per heavy atom. The summed E-state index contributed by atoms with van der Waals surface area (Å²) in [6.45, 7) is 4.81. The summed E-state index contributed by atoms with van der Waals surface area (Å²) < 4.78 is 0. The minimum absolute atomic E-state index is 0.162. The highest BCUT2D eigenvalue weighted by molar-refractivity contribution is 6.31. The van der Waals surface area contributed by atoms with Crippen molar-refractivity contribution in [1.82, 2.24) is 4.90 Å². The van der Waals surface area contributed by atoms with Crippen molar-refractivity contribution in [2.75, 3.05) is 25.0 Å². The number of carboxylic acid groups (broad SMARTS) is 1. The summed E-state index contributed by atoms with van der Waals surface area (Å²) in [6.07, 6.45) is 0.561. The van der Waals surface area contributed by atoms with Crippen molar-refractivity contribution in [2.24, 2.45) is 5.41 Å². The Labute approximate surface area is 128 Å². The zero-order chi connectivity index (χ0) is 15.6. The quantitative estimate of drug-likeness (QED) is 0.896. The maximum Gasteiger partial charge on any atom is 0.310 e. The van der Waals surface area contributed by atoms with Gasteiger partial charge in [0.2, 0.25) is 5.91 Å². The third-order valence-corrected chi connectivity index (χ3v) is 4.30. The lowest BCUT2D eigenvalue weighted by Crippen LogP contribution is -2.35. The largest absolute Gasteiger partial charge is 0.481 e. The number of hydrogen-bond donors (Lipinski definition) is 2. The molecule has 1 aromatic rings. The summed E-state index contributed by atoms with van der Waals surface area (Å²) in [6, 6.07) is 5.35. The Bertz CT molecular complexity index is 576. The van der Waals surface area contributed by atoms with Crippen LogP contribution in [-0.2, 0) is 9.59 Å². The van der Waals surface area contributed by atoms with Crippen LogP contribution in [0.15, 0.2) is 18.2 Å². The summed E-state index contributed by atoms with van der Waals surface area (Å²) >= 11 is 6.01. The molecule has 1 aliphatic rings. The van der Waals surface area contributed by atoms with Crippen molar-refractivity contribution in [3.8, 4) is 0 Å². The van der Waals surface area contributed by atoms with Crippen molar-refractivity contribution in [3.63, 3.8) is 0 Å². The molecule has 1 amide bonds. The number of carbonyl (C=O) groups excluding carboxylic acids is 1. The van der Waals surface area contributed by atoms with Crippen LogP contribution in [0.1, 0.15) is 18.9 Å². The maximum atomic E-state index is 12.0. The van der Waals surface area contributed by atoms with Gasteiger partial charge in [0.25, 0.3) is 0 Å². The molecule has 1 saturated heterocycles. The molecule has 1 heterocycles. The summed E-state index contributed by atoms with van der Waals surface area (Å²) in [5.74, 6) is -0.972. The number of aryl methyl sites for hydroxylation is 1. The van der Waals surface area contributed by atoms with Gasteiger partial charge in [-0.3, -0.25) is 14.5 Å². The van der Waals surface area contributed by atoms with E-state index >= 15 is 0 Å². The zero-order valence-corrected chi connectivity index (χ0v) is 12.9. The van der Waals surface area contributed by atoms with Gasteiger partial charge in [-0.1, -0.05) is 17.7 Å². The lowest BCUT2D eigenvalue weighted by Gasteiger charge is -2.19. The van der Waals surface area contributed by atoms with Crippen LogP contribution in [0.25, 0.3) is 0 Å². The van der Waals surface area contributed by atoms with Crippen LogP contribution in [0.3, 0.4) is 0 Å². The number of aliphatic carboxylic acids is 1. The van der Waals surface area contributed by atoms with Crippen molar-refractivity contribution in [3.05, 3.63) is 28.8 Å². The molecule has 0 saturated carbocycles. The molecular weight excluding hydrogens is 292 g/mol. The summed E-state index contributed by atoms with van der Waals surface area (Å²) in [5, 5.41) is 12.6. The lowest BCUT2D eigenvalue weighted by atomic mass is 9.90. The fourth-order valence-electron chi connectivity index (χ4n) is 2.44. The molecule has 1 fully saturated rings. The Hall–Kier alpha value is -1.59. The van der Waals surface area contributed by atoms with Gasteiger partial charge < -0.3 is 10.4 Å². The topological polar surface area (TPSA) is 69.6 Å². The first kappa shape index (κ1) is 15.8. The van der Waals surface area contributed by atoms with Crippen LogP contribution in [0.4, 0.5) is 5.69 Å². The monoisotopic (exact) mass is 310 g/mol. The molecule has 0 aliphatic carbocycles. The van der Waals surface area contributed by atoms with Gasteiger partial charge >= 0.3 is 5.97 Å². The van der Waals surface area contributed by atoms with E-state index in [1.165, 1.54) is 0 Å². The smallest absolute Gasteiger partial charge is 0.310 e. The molecule has 6 heteroatoms. The van der Waals surface area contributed by atoms with Crippen molar-refractivity contribution >= 4 is 29.2 Å². The minimum atomic E-state index is -0.810. The number of hydrogen-bond acceptors (Lipinski definition) is 3. The van der Waals surface area contributed by atoms with E-state index in [0.29, 0.717) is 30.2 Å². The highest BCUT2D eigenvalue weighted by Gasteiger charge is 2.40. The number of nitrogens with zero attached hydrogens (tertiary/aromatic N) is 1. The lowest BCUT2D eigenvalue weighted by molar-refractivity contribution is -0.147. The number of halogens is 1. The van der Waals surface area contributed by atoms with Crippen molar-refractivity contribution in [2.45, 2.75) is 20.3 Å².